The van der Waals surface area contributed by atoms with Gasteiger partial charge in [0.25, 0.3) is 5.91 Å². The van der Waals surface area contributed by atoms with Crippen LogP contribution in [-0.2, 0) is 0 Å². The number of rotatable bonds is 3. The molecule has 4 heterocycles. The van der Waals surface area contributed by atoms with Crippen molar-refractivity contribution in [1.82, 2.24) is 14.9 Å². The molecule has 0 spiro atoms. The van der Waals surface area contributed by atoms with Gasteiger partial charge in [0, 0.05) is 49.5 Å². The fourth-order valence-corrected chi connectivity index (χ4v) is 3.61. The lowest BCUT2D eigenvalue weighted by Crippen LogP contribution is -2.49. The average molecular weight is 350 g/mol. The summed E-state index contributed by atoms with van der Waals surface area (Å²) in [6, 6.07) is 11.7. The van der Waals surface area contributed by atoms with Crippen molar-refractivity contribution in [3.63, 3.8) is 0 Å². The number of piperazine rings is 1. The van der Waals surface area contributed by atoms with Gasteiger partial charge in [0.05, 0.1) is 11.3 Å². The van der Waals surface area contributed by atoms with Crippen LogP contribution in [0.25, 0.3) is 11.3 Å². The number of anilines is 1. The van der Waals surface area contributed by atoms with Gasteiger partial charge in [-0.2, -0.15) is 11.3 Å². The van der Waals surface area contributed by atoms with E-state index in [1.54, 1.807) is 23.7 Å². The average Bonchev–Trinajstić information content (AvgIpc) is 3.23. The van der Waals surface area contributed by atoms with Crippen molar-refractivity contribution in [3.05, 3.63) is 65.1 Å². The smallest absolute Gasteiger partial charge is 0.255 e. The maximum atomic E-state index is 12.7. The topological polar surface area (TPSA) is 49.3 Å². The largest absolute Gasteiger partial charge is 0.353 e. The van der Waals surface area contributed by atoms with E-state index in [4.69, 9.17) is 0 Å². The lowest BCUT2D eigenvalue weighted by molar-refractivity contribution is 0.0746. The van der Waals surface area contributed by atoms with E-state index in [1.807, 2.05) is 46.7 Å². The highest BCUT2D eigenvalue weighted by Crippen LogP contribution is 2.20. The second-order valence-corrected chi connectivity index (χ2v) is 6.69. The highest BCUT2D eigenvalue weighted by atomic mass is 32.1. The van der Waals surface area contributed by atoms with Crippen LogP contribution in [-0.4, -0.2) is 47.0 Å². The molecule has 1 aliphatic heterocycles. The van der Waals surface area contributed by atoms with Crippen molar-refractivity contribution >= 4 is 23.1 Å². The van der Waals surface area contributed by atoms with Crippen LogP contribution < -0.4 is 4.90 Å². The summed E-state index contributed by atoms with van der Waals surface area (Å²) in [5.74, 6) is 1.02. The van der Waals surface area contributed by atoms with Crippen molar-refractivity contribution in [2.45, 2.75) is 0 Å². The number of hydrogen-bond donors (Lipinski definition) is 0. The van der Waals surface area contributed by atoms with Gasteiger partial charge in [-0.1, -0.05) is 6.07 Å². The first kappa shape index (κ1) is 15.8. The Morgan fingerprint density at radius 2 is 1.88 bits per heavy atom. The van der Waals surface area contributed by atoms with Gasteiger partial charge in [0.2, 0.25) is 0 Å². The molecule has 4 rings (SSSR count). The van der Waals surface area contributed by atoms with Crippen LogP contribution in [0.3, 0.4) is 0 Å². The minimum absolute atomic E-state index is 0.0463. The number of carbonyl (C=O) groups excluding carboxylic acids is 1. The molecule has 1 saturated heterocycles. The molecule has 0 unspecified atom stereocenters. The number of thiophene rings is 1. The van der Waals surface area contributed by atoms with Crippen molar-refractivity contribution in [2.75, 3.05) is 31.1 Å². The Bertz CT molecular complexity index is 826. The Kier molecular flexibility index (Phi) is 4.43. The van der Waals surface area contributed by atoms with E-state index in [-0.39, 0.29) is 5.91 Å². The third-order valence-corrected chi connectivity index (χ3v) is 5.05. The second kappa shape index (κ2) is 7.03. The minimum atomic E-state index is 0.0463. The number of aromatic nitrogens is 2. The first-order valence-electron chi connectivity index (χ1n) is 8.25. The summed E-state index contributed by atoms with van der Waals surface area (Å²) >= 11 is 1.64. The molecule has 0 radical (unpaired) electrons. The Morgan fingerprint density at radius 3 is 2.52 bits per heavy atom. The van der Waals surface area contributed by atoms with Crippen LogP contribution in [0.15, 0.2) is 59.6 Å². The zero-order valence-corrected chi connectivity index (χ0v) is 14.5. The van der Waals surface area contributed by atoms with Gasteiger partial charge in [-0.05, 0) is 35.7 Å². The lowest BCUT2D eigenvalue weighted by Gasteiger charge is -2.35. The van der Waals surface area contributed by atoms with Gasteiger partial charge in [0.1, 0.15) is 5.82 Å². The van der Waals surface area contributed by atoms with E-state index >= 15 is 0 Å². The normalized spacial score (nSPS) is 14.6. The third-order valence-electron chi connectivity index (χ3n) is 4.37. The second-order valence-electron chi connectivity index (χ2n) is 5.91. The Hall–Kier alpha value is -2.73. The van der Waals surface area contributed by atoms with E-state index < -0.39 is 0 Å². The van der Waals surface area contributed by atoms with Crippen molar-refractivity contribution in [1.29, 1.82) is 0 Å². The molecule has 25 heavy (non-hydrogen) atoms. The zero-order chi connectivity index (χ0) is 17.1. The summed E-state index contributed by atoms with van der Waals surface area (Å²) in [5, 5.41) is 4.08. The number of hydrogen-bond acceptors (Lipinski definition) is 5. The molecule has 1 aliphatic rings. The highest BCUT2D eigenvalue weighted by Gasteiger charge is 2.23. The van der Waals surface area contributed by atoms with Crippen LogP contribution in [0.4, 0.5) is 5.82 Å². The van der Waals surface area contributed by atoms with Crippen LogP contribution in [0.5, 0.6) is 0 Å². The van der Waals surface area contributed by atoms with E-state index in [2.05, 4.69) is 20.2 Å². The molecular formula is C19H18N4OS. The predicted octanol–water partition coefficient (Wildman–Crippen LogP) is 3.17. The predicted molar refractivity (Wildman–Crippen MR) is 99.9 cm³/mol. The number of nitrogens with zero attached hydrogens (tertiary/aromatic N) is 4. The molecule has 3 aromatic heterocycles. The molecule has 1 amide bonds. The molecule has 0 bridgehead atoms. The summed E-state index contributed by atoms with van der Waals surface area (Å²) in [4.78, 5) is 25.6. The molecule has 126 valence electrons. The summed E-state index contributed by atoms with van der Waals surface area (Å²) < 4.78 is 0. The molecule has 0 atom stereocenters. The first-order chi connectivity index (χ1) is 12.3. The van der Waals surface area contributed by atoms with E-state index in [1.165, 1.54) is 0 Å². The maximum Gasteiger partial charge on any atom is 0.255 e. The van der Waals surface area contributed by atoms with E-state index in [9.17, 15) is 4.79 Å². The van der Waals surface area contributed by atoms with Crippen LogP contribution in [0, 0.1) is 0 Å². The molecular weight excluding hydrogens is 332 g/mol. The van der Waals surface area contributed by atoms with Crippen LogP contribution in [0.2, 0.25) is 0 Å². The molecule has 0 aliphatic carbocycles. The Labute approximate surface area is 150 Å². The van der Waals surface area contributed by atoms with Gasteiger partial charge < -0.3 is 9.80 Å². The van der Waals surface area contributed by atoms with E-state index in [0.29, 0.717) is 18.7 Å². The molecule has 1 fully saturated rings. The lowest BCUT2D eigenvalue weighted by atomic mass is 10.1. The fourth-order valence-electron chi connectivity index (χ4n) is 2.96. The maximum absolute atomic E-state index is 12.7. The highest BCUT2D eigenvalue weighted by molar-refractivity contribution is 7.08. The number of pyridine rings is 2. The summed E-state index contributed by atoms with van der Waals surface area (Å²) in [6.07, 6.45) is 3.48. The quantitative estimate of drug-likeness (QED) is 0.728. The molecule has 6 heteroatoms. The van der Waals surface area contributed by atoms with Gasteiger partial charge in [0.15, 0.2) is 0 Å². The van der Waals surface area contributed by atoms with Crippen LogP contribution >= 0.6 is 11.3 Å². The zero-order valence-electron chi connectivity index (χ0n) is 13.7. The van der Waals surface area contributed by atoms with Gasteiger partial charge in [-0.25, -0.2) is 4.98 Å². The number of carbonyl (C=O) groups is 1. The molecule has 0 saturated carbocycles. The SMILES string of the molecule is O=C(c1ccc(-c2ccsc2)nc1)N1CCN(c2ccccn2)CC1. The van der Waals surface area contributed by atoms with E-state index in [0.717, 1.165) is 30.2 Å². The van der Waals surface area contributed by atoms with Gasteiger partial charge >= 0.3 is 0 Å². The van der Waals surface area contributed by atoms with Crippen molar-refractivity contribution in [3.8, 4) is 11.3 Å². The molecule has 0 N–H and O–H groups in total. The standard InChI is InChI=1S/C19H18N4OS/c24-19(15-4-5-17(21-13-15)16-6-12-25-14-16)23-10-8-22(9-11-23)18-3-1-2-7-20-18/h1-7,12-14H,8-11H2. The fraction of sp³-hybridized carbons (Fsp3) is 0.211. The molecule has 5 nitrogen and oxygen atoms in total. The van der Waals surface area contributed by atoms with Crippen LogP contribution in [0.1, 0.15) is 10.4 Å². The van der Waals surface area contributed by atoms with Gasteiger partial charge in [-0.15, -0.1) is 0 Å². The Balaban J connectivity index is 1.40. The minimum Gasteiger partial charge on any atom is -0.353 e. The van der Waals surface area contributed by atoms with Crippen molar-refractivity contribution < 1.29 is 4.79 Å². The van der Waals surface area contributed by atoms with Crippen molar-refractivity contribution in [2.24, 2.45) is 0 Å². The summed E-state index contributed by atoms with van der Waals surface area (Å²) in [5.41, 5.74) is 2.64. The Morgan fingerprint density at radius 1 is 1.00 bits per heavy atom. The molecule has 0 aromatic carbocycles. The molecule has 3 aromatic rings. The monoisotopic (exact) mass is 350 g/mol. The first-order valence-corrected chi connectivity index (χ1v) is 9.19. The van der Waals surface area contributed by atoms with Gasteiger partial charge in [-0.3, -0.25) is 9.78 Å². The summed E-state index contributed by atoms with van der Waals surface area (Å²) in [6.45, 7) is 2.98. The third kappa shape index (κ3) is 3.39. The number of amides is 1. The summed E-state index contributed by atoms with van der Waals surface area (Å²) in [7, 11) is 0.